The molecule has 2 rings (SSSR count). The van der Waals surface area contributed by atoms with Gasteiger partial charge >= 0.3 is 0 Å². The van der Waals surface area contributed by atoms with Crippen molar-refractivity contribution in [2.45, 2.75) is 20.3 Å². The molecule has 0 atom stereocenters. The molecule has 1 aliphatic heterocycles. The van der Waals surface area contributed by atoms with Crippen LogP contribution < -0.4 is 15.4 Å². The normalized spacial score (nSPS) is 15.6. The van der Waals surface area contributed by atoms with E-state index in [9.17, 15) is 4.79 Å². The van der Waals surface area contributed by atoms with Crippen LogP contribution in [0, 0.1) is 5.92 Å². The van der Waals surface area contributed by atoms with Crippen molar-refractivity contribution >= 4 is 5.91 Å². The highest BCUT2D eigenvalue weighted by molar-refractivity contribution is 5.78. The first-order valence-corrected chi connectivity index (χ1v) is 8.55. The zero-order valence-corrected chi connectivity index (χ0v) is 14.3. The highest BCUT2D eigenvalue weighted by atomic mass is 16.5. The Morgan fingerprint density at radius 1 is 1.26 bits per heavy atom. The summed E-state index contributed by atoms with van der Waals surface area (Å²) in [5, 5.41) is 6.33. The van der Waals surface area contributed by atoms with Crippen LogP contribution in [0.25, 0.3) is 0 Å². The highest BCUT2D eigenvalue weighted by Crippen LogP contribution is 2.13. The zero-order chi connectivity index (χ0) is 16.5. The van der Waals surface area contributed by atoms with Crippen LogP contribution in [-0.2, 0) is 11.2 Å². The van der Waals surface area contributed by atoms with Crippen molar-refractivity contribution in [3.63, 3.8) is 0 Å². The van der Waals surface area contributed by atoms with Gasteiger partial charge in [-0.05, 0) is 23.6 Å². The van der Waals surface area contributed by atoms with Crippen LogP contribution in [0.2, 0.25) is 0 Å². The molecule has 23 heavy (non-hydrogen) atoms. The second-order valence-corrected chi connectivity index (χ2v) is 6.47. The third-order valence-electron chi connectivity index (χ3n) is 3.83. The largest absolute Gasteiger partial charge is 0.493 e. The molecule has 0 saturated carbocycles. The number of nitrogens with zero attached hydrogens (tertiary/aromatic N) is 1. The van der Waals surface area contributed by atoms with E-state index in [2.05, 4.69) is 29.4 Å². The van der Waals surface area contributed by atoms with Crippen LogP contribution in [-0.4, -0.2) is 56.7 Å². The molecule has 0 aromatic heterocycles. The Morgan fingerprint density at radius 3 is 2.61 bits per heavy atom. The third kappa shape index (κ3) is 7.01. The summed E-state index contributed by atoms with van der Waals surface area (Å²) in [7, 11) is 0. The lowest BCUT2D eigenvalue weighted by Gasteiger charge is -2.27. The van der Waals surface area contributed by atoms with Crippen molar-refractivity contribution < 1.29 is 9.53 Å². The van der Waals surface area contributed by atoms with Gasteiger partial charge in [-0.3, -0.25) is 9.69 Å². The van der Waals surface area contributed by atoms with E-state index in [4.69, 9.17) is 4.74 Å². The van der Waals surface area contributed by atoms with E-state index in [1.165, 1.54) is 0 Å². The van der Waals surface area contributed by atoms with Crippen molar-refractivity contribution in [1.29, 1.82) is 0 Å². The first kappa shape index (κ1) is 17.8. The Labute approximate surface area is 139 Å². The molecule has 1 saturated heterocycles. The number of benzene rings is 1. The summed E-state index contributed by atoms with van der Waals surface area (Å²) in [4.78, 5) is 14.4. The minimum atomic E-state index is 0.0796. The monoisotopic (exact) mass is 319 g/mol. The Hall–Kier alpha value is -1.59. The number of carbonyl (C=O) groups is 1. The lowest BCUT2D eigenvalue weighted by molar-refractivity contribution is -0.120. The van der Waals surface area contributed by atoms with E-state index in [1.807, 2.05) is 24.3 Å². The van der Waals surface area contributed by atoms with Crippen LogP contribution in [0.3, 0.4) is 0 Å². The molecular weight excluding hydrogens is 290 g/mol. The highest BCUT2D eigenvalue weighted by Gasteiger charge is 2.09. The van der Waals surface area contributed by atoms with Crippen LogP contribution in [0.1, 0.15) is 19.4 Å². The van der Waals surface area contributed by atoms with Crippen LogP contribution in [0.4, 0.5) is 0 Å². The van der Waals surface area contributed by atoms with E-state index >= 15 is 0 Å². The first-order chi connectivity index (χ1) is 11.1. The number of carbonyl (C=O) groups excluding carboxylic acids is 1. The number of hydrogen-bond acceptors (Lipinski definition) is 4. The molecule has 2 N–H and O–H groups in total. The molecule has 1 aromatic carbocycles. The van der Waals surface area contributed by atoms with Crippen molar-refractivity contribution in [3.8, 4) is 5.75 Å². The van der Waals surface area contributed by atoms with Crippen molar-refractivity contribution in [2.75, 3.05) is 45.9 Å². The lowest BCUT2D eigenvalue weighted by Crippen LogP contribution is -2.46. The Bertz CT molecular complexity index is 468. The van der Waals surface area contributed by atoms with E-state index in [0.717, 1.165) is 44.0 Å². The first-order valence-electron chi connectivity index (χ1n) is 8.55. The second kappa shape index (κ2) is 9.53. The molecule has 1 aromatic rings. The fourth-order valence-corrected chi connectivity index (χ4v) is 2.50. The van der Waals surface area contributed by atoms with Crippen molar-refractivity contribution in [2.24, 2.45) is 5.92 Å². The standard InChI is InChI=1S/C18H29N3O2/c1-15(2)14-23-17-5-3-16(4-6-17)13-18(22)20-9-12-21-10-7-19-8-11-21/h3-6,15,19H,7-14H2,1-2H3,(H,20,22). The molecule has 0 aliphatic carbocycles. The molecule has 0 radical (unpaired) electrons. The van der Waals surface area contributed by atoms with Gasteiger partial charge < -0.3 is 15.4 Å². The van der Waals surface area contributed by atoms with Gasteiger partial charge in [-0.1, -0.05) is 26.0 Å². The van der Waals surface area contributed by atoms with E-state index in [0.29, 0.717) is 25.5 Å². The van der Waals surface area contributed by atoms with Gasteiger partial charge in [0.2, 0.25) is 5.91 Å². The van der Waals surface area contributed by atoms with Gasteiger partial charge in [-0.25, -0.2) is 0 Å². The van der Waals surface area contributed by atoms with E-state index in [-0.39, 0.29) is 5.91 Å². The summed E-state index contributed by atoms with van der Waals surface area (Å²) in [6, 6.07) is 7.80. The van der Waals surface area contributed by atoms with E-state index < -0.39 is 0 Å². The van der Waals surface area contributed by atoms with Gasteiger partial charge in [-0.15, -0.1) is 0 Å². The Kier molecular flexibility index (Phi) is 7.36. The second-order valence-electron chi connectivity index (χ2n) is 6.47. The Balaban J connectivity index is 1.66. The summed E-state index contributed by atoms with van der Waals surface area (Å²) >= 11 is 0. The average molecular weight is 319 g/mol. The van der Waals surface area contributed by atoms with Gasteiger partial charge in [0.15, 0.2) is 0 Å². The van der Waals surface area contributed by atoms with Crippen LogP contribution >= 0.6 is 0 Å². The van der Waals surface area contributed by atoms with Crippen LogP contribution in [0.5, 0.6) is 5.75 Å². The predicted octanol–water partition coefficient (Wildman–Crippen LogP) is 1.29. The summed E-state index contributed by atoms with van der Waals surface area (Å²) in [5.74, 6) is 1.45. The number of amides is 1. The van der Waals surface area contributed by atoms with Gasteiger partial charge in [0.1, 0.15) is 5.75 Å². The summed E-state index contributed by atoms with van der Waals surface area (Å²) in [5.41, 5.74) is 1.02. The maximum atomic E-state index is 12.0. The zero-order valence-electron chi connectivity index (χ0n) is 14.3. The SMILES string of the molecule is CC(C)COc1ccc(CC(=O)NCCN2CCNCC2)cc1. The smallest absolute Gasteiger partial charge is 0.224 e. The number of nitrogens with one attached hydrogen (secondary N) is 2. The minimum absolute atomic E-state index is 0.0796. The molecule has 0 bridgehead atoms. The quantitative estimate of drug-likeness (QED) is 0.758. The van der Waals surface area contributed by atoms with E-state index in [1.54, 1.807) is 0 Å². The summed E-state index contributed by atoms with van der Waals surface area (Å²) in [6.45, 7) is 10.8. The van der Waals surface area contributed by atoms with Crippen molar-refractivity contribution in [3.05, 3.63) is 29.8 Å². The van der Waals surface area contributed by atoms with Gasteiger partial charge in [0.05, 0.1) is 13.0 Å². The molecule has 1 fully saturated rings. The fourth-order valence-electron chi connectivity index (χ4n) is 2.50. The van der Waals surface area contributed by atoms with Crippen molar-refractivity contribution in [1.82, 2.24) is 15.5 Å². The third-order valence-corrected chi connectivity index (χ3v) is 3.83. The molecule has 0 unspecified atom stereocenters. The number of piperazine rings is 1. The molecule has 5 heteroatoms. The maximum absolute atomic E-state index is 12.0. The summed E-state index contributed by atoms with van der Waals surface area (Å²) in [6.07, 6.45) is 0.423. The molecule has 1 amide bonds. The van der Waals surface area contributed by atoms with Gasteiger partial charge in [-0.2, -0.15) is 0 Å². The number of rotatable bonds is 8. The molecule has 128 valence electrons. The number of hydrogen-bond donors (Lipinski definition) is 2. The molecule has 5 nitrogen and oxygen atoms in total. The Morgan fingerprint density at radius 2 is 1.96 bits per heavy atom. The lowest BCUT2D eigenvalue weighted by atomic mass is 10.1. The van der Waals surface area contributed by atoms with Gasteiger partial charge in [0.25, 0.3) is 0 Å². The minimum Gasteiger partial charge on any atom is -0.493 e. The molecule has 0 spiro atoms. The average Bonchev–Trinajstić information content (AvgIpc) is 2.55. The van der Waals surface area contributed by atoms with Crippen LogP contribution in [0.15, 0.2) is 24.3 Å². The topological polar surface area (TPSA) is 53.6 Å². The molecule has 1 heterocycles. The van der Waals surface area contributed by atoms with Gasteiger partial charge in [0, 0.05) is 39.3 Å². The maximum Gasteiger partial charge on any atom is 0.224 e. The number of ether oxygens (including phenoxy) is 1. The molecule has 1 aliphatic rings. The summed E-state index contributed by atoms with van der Waals surface area (Å²) < 4.78 is 5.65. The fraction of sp³-hybridized carbons (Fsp3) is 0.611. The molecular formula is C18H29N3O2. The predicted molar refractivity (Wildman–Crippen MR) is 92.8 cm³/mol.